The van der Waals surface area contributed by atoms with Crippen molar-refractivity contribution in [3.63, 3.8) is 0 Å². The lowest BCUT2D eigenvalue weighted by atomic mass is 9.93. The van der Waals surface area contributed by atoms with Gasteiger partial charge in [-0.2, -0.15) is 0 Å². The second kappa shape index (κ2) is 4.31. The highest BCUT2D eigenvalue weighted by Gasteiger charge is 2.16. The molecule has 0 saturated heterocycles. The number of H-pyrrole nitrogens is 1. The van der Waals surface area contributed by atoms with Crippen LogP contribution in [0.15, 0.2) is 30.5 Å². The van der Waals surface area contributed by atoms with Crippen LogP contribution in [0.2, 0.25) is 5.02 Å². The Hall–Kier alpha value is -1.06. The lowest BCUT2D eigenvalue weighted by Gasteiger charge is -2.15. The molecule has 0 bridgehead atoms. The van der Waals surface area contributed by atoms with Crippen molar-refractivity contribution in [2.45, 2.75) is 26.2 Å². The number of hydrogen-bond acceptors (Lipinski definition) is 1. The van der Waals surface area contributed by atoms with E-state index in [4.69, 9.17) is 23.8 Å². The third-order valence-corrected chi connectivity index (χ3v) is 3.18. The van der Waals surface area contributed by atoms with Gasteiger partial charge in [0.25, 0.3) is 0 Å². The molecule has 0 amide bonds. The highest BCUT2D eigenvalue weighted by molar-refractivity contribution is 7.71. The number of nitrogens with zero attached hydrogens (tertiary/aromatic N) is 1. The molecule has 4 heteroatoms. The molecule has 2 nitrogen and oxygen atoms in total. The van der Waals surface area contributed by atoms with Crippen molar-refractivity contribution >= 4 is 23.8 Å². The molecule has 1 N–H and O–H groups in total. The highest BCUT2D eigenvalue weighted by Crippen LogP contribution is 2.22. The van der Waals surface area contributed by atoms with E-state index in [-0.39, 0.29) is 5.41 Å². The van der Waals surface area contributed by atoms with Gasteiger partial charge in [-0.3, -0.25) is 4.57 Å². The Morgan fingerprint density at radius 3 is 2.24 bits per heavy atom. The lowest BCUT2D eigenvalue weighted by molar-refractivity contribution is 0.571. The highest BCUT2D eigenvalue weighted by atomic mass is 35.5. The third kappa shape index (κ3) is 2.61. The van der Waals surface area contributed by atoms with E-state index in [9.17, 15) is 0 Å². The Balaban J connectivity index is 2.50. The molecule has 0 atom stereocenters. The minimum absolute atomic E-state index is 0.0607. The van der Waals surface area contributed by atoms with Crippen molar-refractivity contribution in [3.05, 3.63) is 45.9 Å². The number of benzene rings is 1. The predicted molar refractivity (Wildman–Crippen MR) is 74.7 cm³/mol. The van der Waals surface area contributed by atoms with Crippen LogP contribution in [0.4, 0.5) is 0 Å². The molecule has 0 radical (unpaired) electrons. The average Bonchev–Trinajstić information content (AvgIpc) is 2.61. The summed E-state index contributed by atoms with van der Waals surface area (Å²) in [5.41, 5.74) is 2.20. The maximum absolute atomic E-state index is 5.87. The van der Waals surface area contributed by atoms with Crippen LogP contribution >= 0.6 is 23.8 Å². The second-order valence-corrected chi connectivity index (χ2v) is 5.89. The van der Waals surface area contributed by atoms with Gasteiger partial charge in [0.2, 0.25) is 0 Å². The minimum Gasteiger partial charge on any atom is -0.334 e. The summed E-state index contributed by atoms with van der Waals surface area (Å²) in [6.45, 7) is 6.46. The molecular weight excluding hydrogens is 252 g/mol. The van der Waals surface area contributed by atoms with Crippen LogP contribution in [-0.4, -0.2) is 9.55 Å². The summed E-state index contributed by atoms with van der Waals surface area (Å²) < 4.78 is 2.67. The second-order valence-electron chi connectivity index (χ2n) is 5.07. The third-order valence-electron chi connectivity index (χ3n) is 2.63. The summed E-state index contributed by atoms with van der Waals surface area (Å²) in [5, 5.41) is 0.729. The van der Waals surface area contributed by atoms with Gasteiger partial charge >= 0.3 is 0 Å². The van der Waals surface area contributed by atoms with Crippen LogP contribution in [-0.2, 0) is 5.41 Å². The van der Waals surface area contributed by atoms with Gasteiger partial charge in [-0.25, -0.2) is 0 Å². The summed E-state index contributed by atoms with van der Waals surface area (Å²) in [6.07, 6.45) is 2.05. The quantitative estimate of drug-likeness (QED) is 0.755. The number of imidazole rings is 1. The van der Waals surface area contributed by atoms with E-state index in [1.165, 1.54) is 0 Å². The Morgan fingerprint density at radius 1 is 1.18 bits per heavy atom. The number of rotatable bonds is 1. The van der Waals surface area contributed by atoms with Gasteiger partial charge in [-0.05, 0) is 36.5 Å². The number of halogens is 1. The molecular formula is C13H15ClN2S. The summed E-state index contributed by atoms with van der Waals surface area (Å²) in [4.78, 5) is 3.24. The monoisotopic (exact) mass is 266 g/mol. The van der Waals surface area contributed by atoms with Crippen LogP contribution in [0.5, 0.6) is 0 Å². The van der Waals surface area contributed by atoms with Crippen LogP contribution in [0.25, 0.3) is 5.69 Å². The Morgan fingerprint density at radius 2 is 1.76 bits per heavy atom. The van der Waals surface area contributed by atoms with Crippen molar-refractivity contribution in [2.24, 2.45) is 0 Å². The molecule has 0 spiro atoms. The van der Waals surface area contributed by atoms with Crippen molar-refractivity contribution in [3.8, 4) is 5.69 Å². The lowest BCUT2D eigenvalue weighted by Crippen LogP contribution is -2.11. The van der Waals surface area contributed by atoms with Crippen LogP contribution in [0.3, 0.4) is 0 Å². The molecule has 0 aliphatic heterocycles. The SMILES string of the molecule is CC(C)(C)c1cn(-c2ccc(Cl)cc2)c(=S)[nH]1. The van der Waals surface area contributed by atoms with E-state index in [1.807, 2.05) is 35.0 Å². The van der Waals surface area contributed by atoms with E-state index >= 15 is 0 Å². The molecule has 0 aliphatic rings. The molecule has 0 saturated carbocycles. The molecule has 0 unspecified atom stereocenters. The standard InChI is InChI=1S/C13H15ClN2S/c1-13(2,3)11-8-16(12(17)15-11)10-6-4-9(14)5-7-10/h4-8H,1-3H3,(H,15,17). The first-order valence-electron chi connectivity index (χ1n) is 5.46. The minimum atomic E-state index is 0.0607. The van der Waals surface area contributed by atoms with Gasteiger partial charge in [0, 0.05) is 28.0 Å². The van der Waals surface area contributed by atoms with Crippen molar-refractivity contribution in [1.82, 2.24) is 9.55 Å². The molecule has 2 rings (SSSR count). The van der Waals surface area contributed by atoms with Crippen LogP contribution in [0.1, 0.15) is 26.5 Å². The first-order valence-corrected chi connectivity index (χ1v) is 6.24. The Kier molecular flexibility index (Phi) is 3.15. The molecule has 0 fully saturated rings. The number of nitrogens with one attached hydrogen (secondary N) is 1. The summed E-state index contributed by atoms with van der Waals surface area (Å²) in [7, 11) is 0. The van der Waals surface area contributed by atoms with E-state index in [0.29, 0.717) is 4.77 Å². The molecule has 90 valence electrons. The maximum Gasteiger partial charge on any atom is 0.182 e. The number of aromatic nitrogens is 2. The summed E-state index contributed by atoms with van der Waals surface area (Å²) in [5.74, 6) is 0. The largest absolute Gasteiger partial charge is 0.334 e. The maximum atomic E-state index is 5.87. The normalized spacial score (nSPS) is 11.8. The Bertz CT molecular complexity index is 573. The van der Waals surface area contributed by atoms with Gasteiger partial charge in [-0.15, -0.1) is 0 Å². The van der Waals surface area contributed by atoms with Crippen LogP contribution in [0, 0.1) is 4.77 Å². The Labute approximate surface area is 111 Å². The smallest absolute Gasteiger partial charge is 0.182 e. The van der Waals surface area contributed by atoms with E-state index in [1.54, 1.807) is 0 Å². The first-order chi connectivity index (χ1) is 7.88. The van der Waals surface area contributed by atoms with E-state index in [2.05, 4.69) is 25.8 Å². The zero-order valence-corrected chi connectivity index (χ0v) is 11.7. The van der Waals surface area contributed by atoms with E-state index in [0.717, 1.165) is 16.4 Å². The fourth-order valence-electron chi connectivity index (χ4n) is 1.57. The molecule has 1 heterocycles. The molecule has 17 heavy (non-hydrogen) atoms. The molecule has 1 aromatic carbocycles. The fourth-order valence-corrected chi connectivity index (χ4v) is 1.96. The zero-order valence-electron chi connectivity index (χ0n) is 10.1. The van der Waals surface area contributed by atoms with Gasteiger partial charge in [0.15, 0.2) is 4.77 Å². The number of hydrogen-bond donors (Lipinski definition) is 1. The fraction of sp³-hybridized carbons (Fsp3) is 0.308. The summed E-state index contributed by atoms with van der Waals surface area (Å²) >= 11 is 11.2. The van der Waals surface area contributed by atoms with Gasteiger partial charge in [0.1, 0.15) is 0 Å². The van der Waals surface area contributed by atoms with Crippen LogP contribution < -0.4 is 0 Å². The number of aromatic amines is 1. The molecule has 1 aromatic heterocycles. The van der Waals surface area contributed by atoms with Crippen molar-refractivity contribution in [1.29, 1.82) is 0 Å². The first kappa shape index (κ1) is 12.4. The topological polar surface area (TPSA) is 20.7 Å². The van der Waals surface area contributed by atoms with Gasteiger partial charge < -0.3 is 4.98 Å². The van der Waals surface area contributed by atoms with Gasteiger partial charge in [-0.1, -0.05) is 32.4 Å². The average molecular weight is 267 g/mol. The van der Waals surface area contributed by atoms with E-state index < -0.39 is 0 Å². The summed E-state index contributed by atoms with van der Waals surface area (Å²) in [6, 6.07) is 7.64. The van der Waals surface area contributed by atoms with Gasteiger partial charge in [0.05, 0.1) is 0 Å². The predicted octanol–water partition coefficient (Wildman–Crippen LogP) is 4.49. The van der Waals surface area contributed by atoms with Crippen molar-refractivity contribution in [2.75, 3.05) is 0 Å². The zero-order chi connectivity index (χ0) is 12.6. The molecule has 2 aromatic rings. The van der Waals surface area contributed by atoms with Crippen molar-refractivity contribution < 1.29 is 0 Å². The molecule has 0 aliphatic carbocycles.